The van der Waals surface area contributed by atoms with E-state index in [0.717, 1.165) is 5.56 Å². The average Bonchev–Trinajstić information content (AvgIpc) is 3.24. The summed E-state index contributed by atoms with van der Waals surface area (Å²) in [6.45, 7) is 9.25. The first-order valence-electron chi connectivity index (χ1n) is 14.3. The molecule has 2 aliphatic heterocycles. The number of quaternary nitrogens is 1. The summed E-state index contributed by atoms with van der Waals surface area (Å²) in [5.74, 6) is -1.45. The van der Waals surface area contributed by atoms with E-state index in [1.54, 1.807) is 12.1 Å². The van der Waals surface area contributed by atoms with Gasteiger partial charge in [0.05, 0.1) is 23.9 Å². The molecule has 0 bridgehead atoms. The topological polar surface area (TPSA) is 115 Å². The van der Waals surface area contributed by atoms with E-state index >= 15 is 0 Å². The highest BCUT2D eigenvalue weighted by molar-refractivity contribution is 6.65. The van der Waals surface area contributed by atoms with Gasteiger partial charge in [-0.1, -0.05) is 56.7 Å². The van der Waals surface area contributed by atoms with Gasteiger partial charge in [-0.05, 0) is 58.0 Å². The summed E-state index contributed by atoms with van der Waals surface area (Å²) < 4.78 is 12.9. The maximum Gasteiger partial charge on any atom is 0.532 e. The van der Waals surface area contributed by atoms with Gasteiger partial charge in [0, 0.05) is 12.6 Å². The van der Waals surface area contributed by atoms with Crippen molar-refractivity contribution in [1.82, 2.24) is 10.3 Å². The van der Waals surface area contributed by atoms with Gasteiger partial charge in [-0.2, -0.15) is 0 Å². The minimum Gasteiger partial charge on any atom is -0.610 e. The minimum atomic E-state index is -2.21. The van der Waals surface area contributed by atoms with E-state index in [2.05, 4.69) is 31.1 Å². The van der Waals surface area contributed by atoms with Crippen molar-refractivity contribution < 1.29 is 33.2 Å². The summed E-state index contributed by atoms with van der Waals surface area (Å²) in [6.07, 6.45) is -0.744. The first-order chi connectivity index (χ1) is 18.8. The maximum absolute atomic E-state index is 13.8. The zero-order valence-electron chi connectivity index (χ0n) is 24.5. The van der Waals surface area contributed by atoms with E-state index in [-0.39, 0.29) is 46.3 Å². The fourth-order valence-electron chi connectivity index (χ4n) is 6.70. The molecule has 40 heavy (non-hydrogen) atoms. The molecule has 0 spiro atoms. The molecule has 2 unspecified atom stereocenters. The highest BCUT2D eigenvalue weighted by Crippen LogP contribution is 2.52. The number of hydrogen-bond acceptors (Lipinski definition) is 7. The number of benzene rings is 1. The number of likely N-dealkylation sites (N-methyl/N-ethyl adjacent to an activating group) is 1. The number of fused-ring (bicyclic) bond motifs is 1. The summed E-state index contributed by atoms with van der Waals surface area (Å²) in [7, 11) is 1.99. The number of aromatic nitrogens is 1. The number of carbonyl (C=O) groups excluding carboxylic acids is 3. The second kappa shape index (κ2) is 11.4. The van der Waals surface area contributed by atoms with Crippen LogP contribution in [0.1, 0.15) is 64.9 Å². The monoisotopic (exact) mass is 551 g/mol. The van der Waals surface area contributed by atoms with Crippen LogP contribution in [0.25, 0.3) is 11.3 Å². The molecule has 2 fully saturated rings. The van der Waals surface area contributed by atoms with Gasteiger partial charge in [0.1, 0.15) is 17.8 Å². The smallest absolute Gasteiger partial charge is 0.532 e. The van der Waals surface area contributed by atoms with Crippen molar-refractivity contribution in [1.29, 1.82) is 0 Å². The number of nitrogens with one attached hydrogen (secondary N) is 1. The first-order valence-corrected chi connectivity index (χ1v) is 14.3. The number of hydrogen-bond donors (Lipinski definition) is 2. The second-order valence-electron chi connectivity index (χ2n) is 12.2. The molecule has 1 aromatic carbocycles. The lowest BCUT2D eigenvalue weighted by atomic mass is 9.51. The van der Waals surface area contributed by atoms with Gasteiger partial charge in [0.2, 0.25) is 0 Å². The van der Waals surface area contributed by atoms with Crippen LogP contribution in [0, 0.1) is 5.92 Å². The van der Waals surface area contributed by atoms with Gasteiger partial charge < -0.3 is 24.1 Å². The number of aliphatic hydroxyl groups excluding tert-OH is 1. The second-order valence-corrected chi connectivity index (χ2v) is 12.2. The highest BCUT2D eigenvalue weighted by atomic mass is 16.7. The molecule has 216 valence electrons. The highest BCUT2D eigenvalue weighted by Gasteiger charge is 2.71. The van der Waals surface area contributed by atoms with Crippen molar-refractivity contribution in [3.8, 4) is 11.3 Å². The third-order valence-corrected chi connectivity index (χ3v) is 9.20. The van der Waals surface area contributed by atoms with Crippen molar-refractivity contribution in [3.05, 3.63) is 54.2 Å². The van der Waals surface area contributed by atoms with E-state index < -0.39 is 36.6 Å². The molecule has 3 heterocycles. The number of pyridine rings is 1. The van der Waals surface area contributed by atoms with Gasteiger partial charge in [-0.25, -0.2) is 9.78 Å². The van der Waals surface area contributed by atoms with Crippen LogP contribution >= 0.6 is 0 Å². The van der Waals surface area contributed by atoms with Crippen molar-refractivity contribution in [2.24, 2.45) is 5.92 Å². The van der Waals surface area contributed by atoms with E-state index in [0.29, 0.717) is 12.1 Å². The number of nitrogens with zero attached hydrogens (tertiary/aromatic N) is 2. The van der Waals surface area contributed by atoms with Crippen LogP contribution in [0.4, 0.5) is 0 Å². The van der Waals surface area contributed by atoms with E-state index in [9.17, 15) is 19.5 Å². The van der Waals surface area contributed by atoms with Gasteiger partial charge in [-0.15, -0.1) is 0 Å². The average molecular weight is 551 g/mol. The van der Waals surface area contributed by atoms with E-state index in [4.69, 9.17) is 9.31 Å². The van der Waals surface area contributed by atoms with Crippen LogP contribution in [-0.4, -0.2) is 76.2 Å². The molecule has 1 aromatic heterocycles. The predicted molar refractivity (Wildman–Crippen MR) is 153 cm³/mol. The zero-order chi connectivity index (χ0) is 29.4. The van der Waals surface area contributed by atoms with Crippen molar-refractivity contribution in [2.75, 3.05) is 7.05 Å². The summed E-state index contributed by atoms with van der Waals surface area (Å²) in [5.41, 5.74) is 1.63. The lowest BCUT2D eigenvalue weighted by Gasteiger charge is -2.51. The normalized spacial score (nSPS) is 29.9. The molecule has 8 atom stereocenters. The Bertz CT molecular complexity index is 1260. The summed E-state index contributed by atoms with van der Waals surface area (Å²) in [6, 6.07) is 13.0. The number of rotatable bonds is 10. The number of ketones is 1. The van der Waals surface area contributed by atoms with Crippen molar-refractivity contribution >= 4 is 24.3 Å². The Kier molecular flexibility index (Phi) is 8.54. The van der Waals surface area contributed by atoms with Gasteiger partial charge in [0.25, 0.3) is 5.91 Å². The van der Waals surface area contributed by atoms with Crippen LogP contribution < -0.4 is 5.32 Å². The van der Waals surface area contributed by atoms with Crippen LogP contribution in [-0.2, 0) is 18.9 Å². The fraction of sp³-hybridized carbons (Fsp3) is 0.533. The van der Waals surface area contributed by atoms with Crippen molar-refractivity contribution in [2.45, 2.75) is 90.5 Å². The van der Waals surface area contributed by atoms with Crippen LogP contribution in [0.5, 0.6) is 0 Å². The molecule has 1 amide bonds. The Balaban J connectivity index is 1.59. The molecular formula is C30H42BN3O6. The molecule has 0 saturated carbocycles. The van der Waals surface area contributed by atoms with Crippen LogP contribution in [0.15, 0.2) is 48.5 Å². The van der Waals surface area contributed by atoms with E-state index in [1.165, 1.54) is 6.92 Å². The molecule has 2 aromatic rings. The molecule has 4 rings (SSSR count). The first kappa shape index (κ1) is 29.9. The third kappa shape index (κ3) is 5.20. The summed E-state index contributed by atoms with van der Waals surface area (Å²) in [5, 5.41) is 13.3. The van der Waals surface area contributed by atoms with Gasteiger partial charge in [0.15, 0.2) is 5.78 Å². The molecule has 0 aliphatic carbocycles. The SMILES string of the molecule is CC(C)C[C@H](CC(=O)[C@@H](NC(=O)c1cccc(-c2ccccc2)n1)[C@@H](C)O)[B-]12OC(=O)[C@H](C)[N+]1(C)[C@H](C)[C@@H](C)O2. The minimum absolute atomic E-state index is 0.0126. The lowest BCUT2D eigenvalue weighted by molar-refractivity contribution is -0.846. The Morgan fingerprint density at radius 3 is 2.38 bits per heavy atom. The Morgan fingerprint density at radius 1 is 1.07 bits per heavy atom. The molecule has 10 heteroatoms. The van der Waals surface area contributed by atoms with E-state index in [1.807, 2.05) is 57.3 Å². The predicted octanol–water partition coefficient (Wildman–Crippen LogP) is 3.74. The Morgan fingerprint density at radius 2 is 1.75 bits per heavy atom. The van der Waals surface area contributed by atoms with Crippen molar-refractivity contribution in [3.63, 3.8) is 0 Å². The molecule has 0 radical (unpaired) electrons. The van der Waals surface area contributed by atoms with Crippen LogP contribution in [0.2, 0.25) is 5.82 Å². The molecular weight excluding hydrogens is 509 g/mol. The molecule has 2 saturated heterocycles. The summed E-state index contributed by atoms with van der Waals surface area (Å²) >= 11 is 0. The van der Waals surface area contributed by atoms with Gasteiger partial charge in [-0.3, -0.25) is 9.59 Å². The lowest BCUT2D eigenvalue weighted by Crippen LogP contribution is -2.68. The molecule has 2 aliphatic rings. The Hall–Kier alpha value is -3.08. The van der Waals surface area contributed by atoms with Crippen LogP contribution in [0.3, 0.4) is 0 Å². The number of aliphatic hydroxyl groups is 1. The summed E-state index contributed by atoms with van der Waals surface area (Å²) in [4.78, 5) is 44.4. The standard InChI is InChI=1S/C30H42BN3O6/c1-18(2)16-24(31-34(7,19(3)22(6)39-31)20(4)30(38)40-31)17-27(36)28(21(5)35)33-29(37)26-15-11-14-25(32-26)23-12-9-8-10-13-23/h8-15,18-22,24,28,35H,16-17H2,1-7H3,(H,33,37)/t19-,20+,21-,22-,24-,28+,31?,34?/m1/s1. The fourth-order valence-corrected chi connectivity index (χ4v) is 6.70. The number of carbonyl (C=O) groups is 3. The zero-order valence-corrected chi connectivity index (χ0v) is 24.5. The molecule has 2 N–H and O–H groups in total. The Labute approximate surface area is 236 Å². The van der Waals surface area contributed by atoms with Gasteiger partial charge >= 0.3 is 12.7 Å². The largest absolute Gasteiger partial charge is 0.610 e. The third-order valence-electron chi connectivity index (χ3n) is 9.20. The quantitative estimate of drug-likeness (QED) is 0.433. The number of Topliss-reactive ketones (excluding diaryl/α,β-unsaturated/α-hetero) is 1. The maximum atomic E-state index is 13.8. The number of amides is 1. The molecule has 9 nitrogen and oxygen atoms in total.